The molecule has 0 amide bonds. The van der Waals surface area contributed by atoms with Crippen molar-refractivity contribution in [3.8, 4) is 5.69 Å². The van der Waals surface area contributed by atoms with Gasteiger partial charge in [-0.1, -0.05) is 23.7 Å². The Labute approximate surface area is 151 Å². The molecule has 5 nitrogen and oxygen atoms in total. The lowest BCUT2D eigenvalue weighted by Crippen LogP contribution is -2.08. The molecule has 25 heavy (non-hydrogen) atoms. The van der Waals surface area contributed by atoms with Crippen molar-refractivity contribution in [2.45, 2.75) is 20.5 Å². The summed E-state index contributed by atoms with van der Waals surface area (Å²) in [6, 6.07) is 14.3. The second kappa shape index (κ2) is 6.99. The monoisotopic (exact) mass is 355 g/mol. The van der Waals surface area contributed by atoms with E-state index in [1.807, 2.05) is 38.1 Å². The summed E-state index contributed by atoms with van der Waals surface area (Å²) < 4.78 is 7.13. The van der Waals surface area contributed by atoms with Gasteiger partial charge in [0.05, 0.1) is 22.0 Å². The molecule has 0 aliphatic heterocycles. The highest BCUT2D eigenvalue weighted by Gasteiger charge is 2.15. The molecule has 0 aliphatic rings. The zero-order valence-electron chi connectivity index (χ0n) is 14.0. The quantitative estimate of drug-likeness (QED) is 0.565. The summed E-state index contributed by atoms with van der Waals surface area (Å²) in [7, 11) is 0. The number of aryl methyl sites for hydroxylation is 2. The topological polar surface area (TPSA) is 70.1 Å². The largest absolute Gasteiger partial charge is 0.457 e. The van der Waals surface area contributed by atoms with Crippen LogP contribution >= 0.6 is 11.6 Å². The molecule has 1 heterocycles. The van der Waals surface area contributed by atoms with E-state index in [9.17, 15) is 4.79 Å². The maximum Gasteiger partial charge on any atom is 0.340 e. The highest BCUT2D eigenvalue weighted by atomic mass is 35.5. The third kappa shape index (κ3) is 3.83. The molecular weight excluding hydrogens is 338 g/mol. The number of hydrogen-bond acceptors (Lipinski definition) is 4. The fourth-order valence-corrected chi connectivity index (χ4v) is 2.73. The van der Waals surface area contributed by atoms with Gasteiger partial charge in [-0.3, -0.25) is 0 Å². The van der Waals surface area contributed by atoms with E-state index in [0.717, 1.165) is 22.6 Å². The van der Waals surface area contributed by atoms with Gasteiger partial charge in [0, 0.05) is 11.4 Å². The van der Waals surface area contributed by atoms with Crippen molar-refractivity contribution in [1.82, 2.24) is 9.78 Å². The third-order valence-corrected chi connectivity index (χ3v) is 4.10. The van der Waals surface area contributed by atoms with E-state index in [4.69, 9.17) is 22.1 Å². The van der Waals surface area contributed by atoms with Gasteiger partial charge < -0.3 is 10.5 Å². The fourth-order valence-electron chi connectivity index (χ4n) is 2.53. The van der Waals surface area contributed by atoms with E-state index < -0.39 is 5.97 Å². The van der Waals surface area contributed by atoms with Crippen LogP contribution in [0.15, 0.2) is 48.5 Å². The SMILES string of the molecule is Cc1cc(C)n(-c2ccc(Cl)c(C(=O)OCc3ccc(N)cc3)c2)n1. The Hall–Kier alpha value is -2.79. The van der Waals surface area contributed by atoms with Crippen LogP contribution in [0.3, 0.4) is 0 Å². The van der Waals surface area contributed by atoms with Crippen molar-refractivity contribution in [3.63, 3.8) is 0 Å². The van der Waals surface area contributed by atoms with Crippen molar-refractivity contribution in [1.29, 1.82) is 0 Å². The minimum absolute atomic E-state index is 0.152. The van der Waals surface area contributed by atoms with Crippen molar-refractivity contribution in [2.24, 2.45) is 0 Å². The number of nitrogens with zero attached hydrogens (tertiary/aromatic N) is 2. The third-order valence-electron chi connectivity index (χ3n) is 3.77. The van der Waals surface area contributed by atoms with Crippen LogP contribution in [0.25, 0.3) is 5.69 Å². The molecule has 0 fully saturated rings. The smallest absolute Gasteiger partial charge is 0.340 e. The minimum atomic E-state index is -0.481. The van der Waals surface area contributed by atoms with Crippen LogP contribution < -0.4 is 5.73 Å². The Morgan fingerprint density at radius 2 is 1.88 bits per heavy atom. The van der Waals surface area contributed by atoms with Gasteiger partial charge in [-0.05, 0) is 55.8 Å². The second-order valence-corrected chi connectivity index (χ2v) is 6.23. The van der Waals surface area contributed by atoms with Crippen LogP contribution in [0.5, 0.6) is 0 Å². The van der Waals surface area contributed by atoms with Gasteiger partial charge in [0.15, 0.2) is 0 Å². The Morgan fingerprint density at radius 1 is 1.16 bits per heavy atom. The maximum atomic E-state index is 12.4. The first-order valence-electron chi connectivity index (χ1n) is 7.79. The number of nitrogen functional groups attached to an aromatic ring is 1. The molecule has 0 saturated heterocycles. The molecule has 1 aromatic heterocycles. The first kappa shape index (κ1) is 17.0. The second-order valence-electron chi connectivity index (χ2n) is 5.82. The van der Waals surface area contributed by atoms with E-state index in [0.29, 0.717) is 16.3 Å². The molecule has 0 aliphatic carbocycles. The van der Waals surface area contributed by atoms with Gasteiger partial charge in [-0.15, -0.1) is 0 Å². The van der Waals surface area contributed by atoms with Crippen LogP contribution in [-0.4, -0.2) is 15.7 Å². The van der Waals surface area contributed by atoms with Crippen LogP contribution in [0.1, 0.15) is 27.3 Å². The molecule has 0 unspecified atom stereocenters. The molecule has 2 aromatic carbocycles. The maximum absolute atomic E-state index is 12.4. The first-order valence-corrected chi connectivity index (χ1v) is 8.16. The number of esters is 1. The number of rotatable bonds is 4. The molecule has 128 valence electrons. The molecule has 2 N–H and O–H groups in total. The van der Waals surface area contributed by atoms with Gasteiger partial charge in [0.25, 0.3) is 0 Å². The number of aromatic nitrogens is 2. The Morgan fingerprint density at radius 3 is 2.52 bits per heavy atom. The summed E-state index contributed by atoms with van der Waals surface area (Å²) in [5.74, 6) is -0.481. The molecule has 6 heteroatoms. The van der Waals surface area contributed by atoms with Crippen LogP contribution in [0, 0.1) is 13.8 Å². The number of benzene rings is 2. The van der Waals surface area contributed by atoms with E-state index >= 15 is 0 Å². The Bertz CT molecular complexity index is 917. The highest BCUT2D eigenvalue weighted by Crippen LogP contribution is 2.22. The number of carbonyl (C=O) groups is 1. The average molecular weight is 356 g/mol. The molecule has 0 radical (unpaired) electrons. The van der Waals surface area contributed by atoms with Crippen LogP contribution in [-0.2, 0) is 11.3 Å². The Balaban J connectivity index is 1.81. The van der Waals surface area contributed by atoms with Gasteiger partial charge in [0.1, 0.15) is 6.61 Å². The predicted molar refractivity (Wildman–Crippen MR) is 98.0 cm³/mol. The van der Waals surface area contributed by atoms with Crippen molar-refractivity contribution in [2.75, 3.05) is 5.73 Å². The number of ether oxygens (including phenoxy) is 1. The zero-order valence-corrected chi connectivity index (χ0v) is 14.7. The van der Waals surface area contributed by atoms with Gasteiger partial charge in [-0.25, -0.2) is 9.48 Å². The van der Waals surface area contributed by atoms with E-state index in [2.05, 4.69) is 5.10 Å². The predicted octanol–water partition coefficient (Wildman–Crippen LogP) is 4.08. The molecule has 0 atom stereocenters. The van der Waals surface area contributed by atoms with Crippen LogP contribution in [0.2, 0.25) is 5.02 Å². The summed E-state index contributed by atoms with van der Waals surface area (Å²) in [5, 5.41) is 4.76. The lowest BCUT2D eigenvalue weighted by atomic mass is 10.2. The van der Waals surface area contributed by atoms with Gasteiger partial charge in [-0.2, -0.15) is 5.10 Å². The zero-order chi connectivity index (χ0) is 18.0. The van der Waals surface area contributed by atoms with Crippen molar-refractivity contribution in [3.05, 3.63) is 76.1 Å². The van der Waals surface area contributed by atoms with Crippen LogP contribution in [0.4, 0.5) is 5.69 Å². The molecular formula is C19H18ClN3O2. The summed E-state index contributed by atoms with van der Waals surface area (Å²) in [6.07, 6.45) is 0. The number of nitrogens with two attached hydrogens (primary N) is 1. The summed E-state index contributed by atoms with van der Waals surface area (Å²) in [6.45, 7) is 4.02. The van der Waals surface area contributed by atoms with Gasteiger partial charge in [0.2, 0.25) is 0 Å². The molecule has 3 rings (SSSR count). The standard InChI is InChI=1S/C19H18ClN3O2/c1-12-9-13(2)23(22-12)16-7-8-18(20)17(10-16)19(24)25-11-14-3-5-15(21)6-4-14/h3-10H,11,21H2,1-2H3. The lowest BCUT2D eigenvalue weighted by molar-refractivity contribution is 0.0473. The molecule has 0 saturated carbocycles. The summed E-state index contributed by atoms with van der Waals surface area (Å²) >= 11 is 6.18. The summed E-state index contributed by atoms with van der Waals surface area (Å²) in [5.41, 5.74) is 10.1. The van der Waals surface area contributed by atoms with E-state index in [-0.39, 0.29) is 6.61 Å². The van der Waals surface area contributed by atoms with Crippen molar-refractivity contribution < 1.29 is 9.53 Å². The number of carbonyl (C=O) groups excluding carboxylic acids is 1. The molecule has 0 bridgehead atoms. The highest BCUT2D eigenvalue weighted by molar-refractivity contribution is 6.33. The van der Waals surface area contributed by atoms with E-state index in [1.165, 1.54) is 0 Å². The molecule has 3 aromatic rings. The van der Waals surface area contributed by atoms with Gasteiger partial charge >= 0.3 is 5.97 Å². The van der Waals surface area contributed by atoms with E-state index in [1.54, 1.807) is 28.9 Å². The first-order chi connectivity index (χ1) is 11.9. The molecule has 0 spiro atoms. The number of anilines is 1. The summed E-state index contributed by atoms with van der Waals surface area (Å²) in [4.78, 5) is 12.4. The number of halogens is 1. The lowest BCUT2D eigenvalue weighted by Gasteiger charge is -2.10. The normalized spacial score (nSPS) is 10.7. The minimum Gasteiger partial charge on any atom is -0.457 e. The Kier molecular flexibility index (Phi) is 4.76. The average Bonchev–Trinajstić information content (AvgIpc) is 2.93. The van der Waals surface area contributed by atoms with Crippen molar-refractivity contribution >= 4 is 23.3 Å². The number of hydrogen-bond donors (Lipinski definition) is 1. The fraction of sp³-hybridized carbons (Fsp3) is 0.158.